The van der Waals surface area contributed by atoms with E-state index < -0.39 is 33.9 Å². The first-order valence-electron chi connectivity index (χ1n) is 32.6. The van der Waals surface area contributed by atoms with E-state index in [9.17, 15) is 41.2 Å². The van der Waals surface area contributed by atoms with E-state index in [1.165, 1.54) is 31.4 Å². The van der Waals surface area contributed by atoms with E-state index in [1.54, 1.807) is 0 Å². The minimum absolute atomic E-state index is 0.0386. The van der Waals surface area contributed by atoms with Crippen molar-refractivity contribution in [2.75, 3.05) is 0 Å². The van der Waals surface area contributed by atoms with E-state index in [1.807, 2.05) is 140 Å². The van der Waals surface area contributed by atoms with Crippen LogP contribution in [0.1, 0.15) is 298 Å². The third-order valence-electron chi connectivity index (χ3n) is 17.7. The van der Waals surface area contributed by atoms with Gasteiger partial charge in [-0.15, -0.1) is 0 Å². The quantitative estimate of drug-likeness (QED) is 0.0464. The molecule has 15 nitrogen and oxygen atoms in total. The number of esters is 1. The molecule has 6 rings (SSSR count). The molecule has 4 heterocycles. The fourth-order valence-corrected chi connectivity index (χ4v) is 15.2. The summed E-state index contributed by atoms with van der Waals surface area (Å²) in [6.07, 6.45) is 9.98. The summed E-state index contributed by atoms with van der Waals surface area (Å²) in [6, 6.07) is 12.6. The molecule has 0 aromatic heterocycles. The number of ether oxygens (including phenoxy) is 1. The summed E-state index contributed by atoms with van der Waals surface area (Å²) in [4.78, 5) is 12.1. The van der Waals surface area contributed by atoms with Gasteiger partial charge in [0.2, 0.25) is 12.3 Å². The average Bonchev–Trinajstić information content (AvgIpc) is 1.88. The van der Waals surface area contributed by atoms with Gasteiger partial charge in [0.25, 0.3) is 0 Å². The van der Waals surface area contributed by atoms with Crippen LogP contribution >= 0.6 is 0 Å². The van der Waals surface area contributed by atoms with Crippen LogP contribution in [-0.2, 0) is 9.53 Å². The zero-order valence-corrected chi connectivity index (χ0v) is 62.2. The van der Waals surface area contributed by atoms with Crippen molar-refractivity contribution in [3.63, 3.8) is 0 Å². The Morgan fingerprint density at radius 1 is 0.575 bits per heavy atom. The molecule has 15 heteroatoms. The van der Waals surface area contributed by atoms with Crippen molar-refractivity contribution in [3.05, 3.63) is 35.9 Å². The van der Waals surface area contributed by atoms with Gasteiger partial charge >= 0.3 is 5.97 Å². The maximum absolute atomic E-state index is 12.1. The second-order valence-electron chi connectivity index (χ2n) is 38.6. The largest absolute Gasteiger partial charge is 0.460 e. The van der Waals surface area contributed by atoms with Gasteiger partial charge in [0, 0.05) is 46.6 Å². The Labute approximate surface area is 533 Å². The summed E-state index contributed by atoms with van der Waals surface area (Å²) < 4.78 is 6.85. The van der Waals surface area contributed by atoms with Crippen molar-refractivity contribution in [1.29, 1.82) is 5.26 Å². The van der Waals surface area contributed by atoms with Crippen molar-refractivity contribution in [2.45, 2.75) is 361 Å². The molecule has 0 bridgehead atoms. The van der Waals surface area contributed by atoms with E-state index in [0.29, 0.717) is 18.3 Å². The number of nitrogens with two attached hydrogens (primary N) is 1. The summed E-state index contributed by atoms with van der Waals surface area (Å²) in [6.45, 7) is 68.5. The fourth-order valence-electron chi connectivity index (χ4n) is 15.2. The maximum atomic E-state index is 12.1. The Bertz CT molecular complexity index is 2340. The maximum Gasteiger partial charge on any atom is 0.311 e. The standard InChI is InChI=1S/C17H26NO.C13H24N2O.C13H25NO3.C12H26N2O.C12H25NO2.C5H12/c1-16(2)10-15(11-17(3,4)13-16)18(19)12-14-8-6-5-7-9-14;1-11(2,3)9-13(6)10(8-14)7-12(4,5)15(13)16;1-11(2,3)17-10(15)9-8-12(4,5)14(16)13(9,6)7;1-10(2,3)8-12(6)9(13)7-11(4,5)14(12)15;1-10(2,3)8-12(6)9(14)7-11(4,5)13(12)15;1-5(2,3)4/h5-9,12,15,19H,10-11,13H2,1-4H3;10,16H,7,9H2,1-6H3;9,16H,8H2,1-7H3;9,15H,7-8,13H2,1-6H3;9,14-15H,7-8H2,1-6H3;1-4H3/q+1;;;;;/b18-12-;;;;;. The molecule has 1 aromatic rings. The minimum atomic E-state index is -0.591. The summed E-state index contributed by atoms with van der Waals surface area (Å²) in [5.41, 5.74) is 5.10. The Kier molecular flexibility index (Phi) is 26.7. The van der Waals surface area contributed by atoms with Gasteiger partial charge in [-0.05, 0) is 212 Å². The highest BCUT2D eigenvalue weighted by molar-refractivity contribution is 5.75. The number of carbonyl (C=O) groups excluding carboxylic acids is 1. The van der Waals surface area contributed by atoms with Gasteiger partial charge in [-0.25, -0.2) is 0 Å². The number of nitriles is 1. The monoisotopic (exact) mass is 1230 g/mol. The van der Waals surface area contributed by atoms with Crippen molar-refractivity contribution < 1.29 is 45.4 Å². The molecule has 1 saturated carbocycles. The number of hydroxylamine groups is 9. The third kappa shape index (κ3) is 24.3. The van der Waals surface area contributed by atoms with E-state index >= 15 is 0 Å². The molecular formula is C72H138N7O8+. The molecule has 1 aliphatic carbocycles. The smallest absolute Gasteiger partial charge is 0.311 e. The third-order valence-corrected chi connectivity index (χ3v) is 17.7. The molecule has 7 unspecified atom stereocenters. The molecule has 8 N–H and O–H groups in total. The van der Waals surface area contributed by atoms with Crippen LogP contribution in [0.25, 0.3) is 0 Å². The molecule has 5 aliphatic rings. The Balaban J connectivity index is 0.000000534. The molecule has 87 heavy (non-hydrogen) atoms. The van der Waals surface area contributed by atoms with Gasteiger partial charge in [0.15, 0.2) is 0 Å². The number of hydrogen-bond acceptors (Lipinski definition) is 14. The minimum Gasteiger partial charge on any atom is -0.460 e. The van der Waals surface area contributed by atoms with Crippen LogP contribution in [0.2, 0.25) is 0 Å². The van der Waals surface area contributed by atoms with Crippen LogP contribution in [0.4, 0.5) is 0 Å². The van der Waals surface area contributed by atoms with Crippen molar-refractivity contribution >= 4 is 12.2 Å². The van der Waals surface area contributed by atoms with Gasteiger partial charge in [-0.2, -0.15) is 25.5 Å². The Morgan fingerprint density at radius 2 is 0.931 bits per heavy atom. The van der Waals surface area contributed by atoms with Gasteiger partial charge in [-0.1, -0.05) is 136 Å². The second-order valence-corrected chi connectivity index (χ2v) is 38.6. The number of aliphatic hydroxyl groups excluding tert-OH is 1. The van der Waals surface area contributed by atoms with Gasteiger partial charge in [0.05, 0.1) is 46.2 Å². The zero-order valence-electron chi connectivity index (χ0n) is 62.2. The SMILES string of the molecule is CC(C)(C)C.CC(C)(C)CC1(C)C(C#N)CC(C)(C)N1O.CC(C)(C)CC1(C)C(N)CC(C)(C)N1O.CC(C)(C)CC1(C)C(O)CC(C)(C)N1O.CC(C)(C)OC(=O)C1CC(C)(C)N(O)C1(C)C.CC1(C)CC(/[N+](O)=C/c2ccccc2)CC(C)(C)C1. The van der Waals surface area contributed by atoms with E-state index in [4.69, 9.17) is 10.5 Å². The molecule has 4 saturated heterocycles. The number of hydrogen-bond donors (Lipinski definition) is 7. The summed E-state index contributed by atoms with van der Waals surface area (Å²) in [5, 5.41) is 76.2. The van der Waals surface area contributed by atoms with Crippen LogP contribution in [0.15, 0.2) is 30.3 Å². The zero-order chi connectivity index (χ0) is 69.2. The lowest BCUT2D eigenvalue weighted by molar-refractivity contribution is -0.800. The van der Waals surface area contributed by atoms with Crippen molar-refractivity contribution in [3.8, 4) is 6.07 Å². The second kappa shape index (κ2) is 28.2. The average molecular weight is 1230 g/mol. The lowest BCUT2D eigenvalue weighted by Gasteiger charge is -2.42. The normalized spacial score (nSPS) is 30.5. The first kappa shape index (κ1) is 82.3. The summed E-state index contributed by atoms with van der Waals surface area (Å²) in [7, 11) is 0. The Hall–Kier alpha value is -2.75. The molecule has 1 aromatic carbocycles. The number of aliphatic hydroxyl groups is 1. The predicted octanol–water partition coefficient (Wildman–Crippen LogP) is 16.8. The van der Waals surface area contributed by atoms with E-state index in [-0.39, 0.29) is 79.1 Å². The predicted molar refractivity (Wildman–Crippen MR) is 357 cm³/mol. The molecule has 0 spiro atoms. The van der Waals surface area contributed by atoms with Crippen LogP contribution in [0, 0.1) is 55.7 Å². The topological polar surface area (TPSA) is 213 Å². The summed E-state index contributed by atoms with van der Waals surface area (Å²) in [5.74, 6) is -0.638. The van der Waals surface area contributed by atoms with Crippen LogP contribution < -0.4 is 5.73 Å². The van der Waals surface area contributed by atoms with Gasteiger partial charge in [0.1, 0.15) is 5.60 Å². The molecule has 7 atom stereocenters. The fraction of sp³-hybridized carbons (Fsp3) is 0.875. The van der Waals surface area contributed by atoms with E-state index in [2.05, 4.69) is 131 Å². The summed E-state index contributed by atoms with van der Waals surface area (Å²) >= 11 is 0. The van der Waals surface area contributed by atoms with Crippen molar-refractivity contribution in [1.82, 2.24) is 20.3 Å². The molecule has 0 radical (unpaired) electrons. The van der Waals surface area contributed by atoms with E-state index in [0.717, 1.165) is 50.5 Å². The van der Waals surface area contributed by atoms with Gasteiger partial charge < -0.3 is 36.4 Å². The Morgan fingerprint density at radius 3 is 1.26 bits per heavy atom. The van der Waals surface area contributed by atoms with Crippen LogP contribution in [0.5, 0.6) is 0 Å². The molecule has 4 aliphatic heterocycles. The molecular weight excluding hydrogens is 1090 g/mol. The molecule has 5 fully saturated rings. The highest BCUT2D eigenvalue weighted by Crippen LogP contribution is 2.51. The highest BCUT2D eigenvalue weighted by Gasteiger charge is 2.58. The number of carbonyl (C=O) groups is 1. The first-order valence-corrected chi connectivity index (χ1v) is 32.6. The first-order chi connectivity index (χ1) is 38.2. The lowest BCUT2D eigenvalue weighted by Crippen LogP contribution is -2.54. The van der Waals surface area contributed by atoms with Crippen LogP contribution in [-0.4, -0.2) is 136 Å². The molecule has 0 amide bonds. The number of nitrogens with zero attached hydrogens (tertiary/aromatic N) is 6. The molecule has 508 valence electrons. The van der Waals surface area contributed by atoms with Crippen molar-refractivity contribution in [2.24, 2.45) is 50.1 Å². The van der Waals surface area contributed by atoms with Gasteiger partial charge in [-0.3, -0.25) is 10.0 Å². The lowest BCUT2D eigenvalue weighted by atomic mass is 9.63. The van der Waals surface area contributed by atoms with Crippen LogP contribution in [0.3, 0.4) is 0 Å². The number of benzene rings is 1. The highest BCUT2D eigenvalue weighted by atomic mass is 16.6. The number of rotatable bonds is 6.